The minimum atomic E-state index is -0.576. The molecule has 3 rings (SSSR count). The third-order valence-electron chi connectivity index (χ3n) is 5.21. The number of likely N-dealkylation sites (tertiary alicyclic amines) is 1. The van der Waals surface area contributed by atoms with E-state index in [1.807, 2.05) is 4.90 Å². The van der Waals surface area contributed by atoms with E-state index >= 15 is 0 Å². The summed E-state index contributed by atoms with van der Waals surface area (Å²) in [4.78, 5) is 26.8. The van der Waals surface area contributed by atoms with E-state index in [2.05, 4.69) is 36.7 Å². The molecule has 1 saturated carbocycles. The van der Waals surface area contributed by atoms with Gasteiger partial charge in [0.2, 0.25) is 0 Å². The number of esters is 1. The molecular weight excluding hydrogens is 406 g/mol. The number of carbonyl (C=O) groups excluding carboxylic acids is 2. The molecule has 0 spiro atoms. The third-order valence-corrected chi connectivity index (χ3v) is 6.03. The number of halogens is 2. The van der Waals surface area contributed by atoms with E-state index in [0.29, 0.717) is 5.02 Å². The molecule has 1 aliphatic heterocycles. The minimum Gasteiger partial charge on any atom is -0.452 e. The fourth-order valence-electron chi connectivity index (χ4n) is 4.69. The summed E-state index contributed by atoms with van der Waals surface area (Å²) in [6.45, 7) is 7.28. The molecular formula is C19H23BrClNO3. The highest BCUT2D eigenvalue weighted by atomic mass is 79.9. The first-order valence-electron chi connectivity index (χ1n) is 8.50. The second-order valence-corrected chi connectivity index (χ2v) is 9.76. The van der Waals surface area contributed by atoms with Gasteiger partial charge in [0, 0.05) is 17.1 Å². The number of fused-ring (bicyclic) bond motifs is 2. The standard InChI is InChI=1S/C19H23BrClNO3/c1-18(2)7-13-8-19(3,10-18)11-22(13)16(23)9-25-17(24)14-6-12(20)4-5-15(14)21/h4-6,13H,7-11H2,1-3H3/t13-,19-/m1/s1. The zero-order valence-electron chi connectivity index (χ0n) is 14.8. The number of amides is 1. The molecule has 0 unspecified atom stereocenters. The monoisotopic (exact) mass is 427 g/mol. The zero-order valence-corrected chi connectivity index (χ0v) is 17.1. The summed E-state index contributed by atoms with van der Waals surface area (Å²) in [6, 6.07) is 5.21. The number of carbonyl (C=O) groups is 2. The molecule has 2 aliphatic rings. The molecule has 1 aromatic carbocycles. The van der Waals surface area contributed by atoms with Gasteiger partial charge in [0.05, 0.1) is 10.6 Å². The number of nitrogens with zero attached hydrogens (tertiary/aromatic N) is 1. The maximum atomic E-state index is 12.6. The predicted molar refractivity (Wildman–Crippen MR) is 101 cm³/mol. The summed E-state index contributed by atoms with van der Waals surface area (Å²) in [5.74, 6) is -0.695. The molecule has 25 heavy (non-hydrogen) atoms. The van der Waals surface area contributed by atoms with Crippen molar-refractivity contribution >= 4 is 39.4 Å². The lowest BCUT2D eigenvalue weighted by molar-refractivity contribution is -0.135. The normalized spacial score (nSPS) is 27.2. The van der Waals surface area contributed by atoms with Crippen molar-refractivity contribution in [3.63, 3.8) is 0 Å². The van der Waals surface area contributed by atoms with Crippen molar-refractivity contribution in [3.8, 4) is 0 Å². The van der Waals surface area contributed by atoms with Crippen LogP contribution in [0.4, 0.5) is 0 Å². The van der Waals surface area contributed by atoms with Crippen LogP contribution in [0.2, 0.25) is 5.02 Å². The van der Waals surface area contributed by atoms with E-state index in [-0.39, 0.29) is 34.9 Å². The van der Waals surface area contributed by atoms with E-state index in [1.165, 1.54) is 0 Å². The van der Waals surface area contributed by atoms with Gasteiger partial charge in [0.25, 0.3) is 5.91 Å². The molecule has 1 aromatic rings. The van der Waals surface area contributed by atoms with Crippen LogP contribution in [-0.2, 0) is 9.53 Å². The van der Waals surface area contributed by atoms with Crippen LogP contribution in [0.25, 0.3) is 0 Å². The molecule has 0 aromatic heterocycles. The molecule has 1 aliphatic carbocycles. The van der Waals surface area contributed by atoms with Gasteiger partial charge in [-0.15, -0.1) is 0 Å². The van der Waals surface area contributed by atoms with Gasteiger partial charge in [-0.2, -0.15) is 0 Å². The van der Waals surface area contributed by atoms with E-state index in [9.17, 15) is 9.59 Å². The average molecular weight is 429 g/mol. The molecule has 1 saturated heterocycles. The topological polar surface area (TPSA) is 46.6 Å². The molecule has 2 fully saturated rings. The Hall–Kier alpha value is -1.07. The van der Waals surface area contributed by atoms with E-state index in [0.717, 1.165) is 30.3 Å². The van der Waals surface area contributed by atoms with Crippen molar-refractivity contribution in [2.45, 2.75) is 46.1 Å². The van der Waals surface area contributed by atoms with Crippen LogP contribution < -0.4 is 0 Å². The quantitative estimate of drug-likeness (QED) is 0.656. The SMILES string of the molecule is CC1(C)C[C@@H]2C[C@@](C)(CN2C(=O)COC(=O)c2cc(Br)ccc2Cl)C1. The smallest absolute Gasteiger partial charge is 0.340 e. The van der Waals surface area contributed by atoms with Gasteiger partial charge < -0.3 is 9.64 Å². The van der Waals surface area contributed by atoms with Gasteiger partial charge in [0.1, 0.15) is 0 Å². The number of hydrogen-bond acceptors (Lipinski definition) is 3. The Bertz CT molecular complexity index is 721. The second kappa shape index (κ2) is 6.58. The average Bonchev–Trinajstić information content (AvgIpc) is 2.76. The molecule has 6 heteroatoms. The van der Waals surface area contributed by atoms with E-state index in [1.54, 1.807) is 18.2 Å². The Morgan fingerprint density at radius 2 is 2.04 bits per heavy atom. The lowest BCUT2D eigenvalue weighted by Gasteiger charge is -2.39. The highest BCUT2D eigenvalue weighted by Crippen LogP contribution is 2.52. The van der Waals surface area contributed by atoms with Crippen molar-refractivity contribution in [1.82, 2.24) is 4.90 Å². The fraction of sp³-hybridized carbons (Fsp3) is 0.579. The van der Waals surface area contributed by atoms with Crippen LogP contribution >= 0.6 is 27.5 Å². The van der Waals surface area contributed by atoms with Gasteiger partial charge >= 0.3 is 5.97 Å². The summed E-state index contributed by atoms with van der Waals surface area (Å²) < 4.78 is 5.97. The highest BCUT2D eigenvalue weighted by Gasteiger charge is 2.50. The highest BCUT2D eigenvalue weighted by molar-refractivity contribution is 9.10. The van der Waals surface area contributed by atoms with E-state index < -0.39 is 5.97 Å². The van der Waals surface area contributed by atoms with Gasteiger partial charge in [-0.25, -0.2) is 4.79 Å². The number of benzene rings is 1. The van der Waals surface area contributed by atoms with E-state index in [4.69, 9.17) is 16.3 Å². The molecule has 136 valence electrons. The Labute approximate surface area is 162 Å². The molecule has 4 nitrogen and oxygen atoms in total. The predicted octanol–water partition coefficient (Wildman–Crippen LogP) is 4.69. The fourth-order valence-corrected chi connectivity index (χ4v) is 5.25. The Morgan fingerprint density at radius 1 is 1.32 bits per heavy atom. The van der Waals surface area contributed by atoms with Crippen molar-refractivity contribution in [3.05, 3.63) is 33.3 Å². The lowest BCUT2D eigenvalue weighted by Crippen LogP contribution is -2.39. The first-order chi connectivity index (χ1) is 11.6. The first-order valence-corrected chi connectivity index (χ1v) is 9.67. The van der Waals surface area contributed by atoms with Crippen LogP contribution in [0.1, 0.15) is 50.4 Å². The van der Waals surface area contributed by atoms with Crippen LogP contribution in [0.5, 0.6) is 0 Å². The van der Waals surface area contributed by atoms with Crippen molar-refractivity contribution < 1.29 is 14.3 Å². The lowest BCUT2D eigenvalue weighted by atomic mass is 9.65. The molecule has 0 radical (unpaired) electrons. The second-order valence-electron chi connectivity index (χ2n) is 8.44. The van der Waals surface area contributed by atoms with Crippen LogP contribution in [0, 0.1) is 10.8 Å². The molecule has 1 heterocycles. The minimum absolute atomic E-state index is 0.120. The zero-order chi connectivity index (χ0) is 18.4. The van der Waals surface area contributed by atoms with Gasteiger partial charge in [-0.05, 0) is 48.3 Å². The molecule has 2 bridgehead atoms. The number of ether oxygens (including phenoxy) is 1. The maximum absolute atomic E-state index is 12.6. The van der Waals surface area contributed by atoms with Gasteiger partial charge in [-0.3, -0.25) is 4.79 Å². The number of hydrogen-bond donors (Lipinski definition) is 0. The summed E-state index contributed by atoms with van der Waals surface area (Å²) in [6.07, 6.45) is 3.15. The van der Waals surface area contributed by atoms with Gasteiger partial charge in [0.15, 0.2) is 6.61 Å². The van der Waals surface area contributed by atoms with Crippen molar-refractivity contribution in [1.29, 1.82) is 0 Å². The summed E-state index contributed by atoms with van der Waals surface area (Å²) in [5, 5.41) is 0.312. The Balaban J connectivity index is 1.64. The van der Waals surface area contributed by atoms with Crippen LogP contribution in [0.15, 0.2) is 22.7 Å². The Morgan fingerprint density at radius 3 is 2.76 bits per heavy atom. The molecule has 0 N–H and O–H groups in total. The maximum Gasteiger partial charge on any atom is 0.340 e. The van der Waals surface area contributed by atoms with Crippen molar-refractivity contribution in [2.75, 3.05) is 13.2 Å². The van der Waals surface area contributed by atoms with Crippen LogP contribution in [0.3, 0.4) is 0 Å². The van der Waals surface area contributed by atoms with Crippen LogP contribution in [-0.4, -0.2) is 36.0 Å². The van der Waals surface area contributed by atoms with Gasteiger partial charge in [-0.1, -0.05) is 48.3 Å². The Kier molecular flexibility index (Phi) is 4.93. The molecule has 2 atom stereocenters. The largest absolute Gasteiger partial charge is 0.452 e. The summed E-state index contributed by atoms with van der Waals surface area (Å²) in [5.41, 5.74) is 0.671. The number of rotatable bonds is 3. The summed E-state index contributed by atoms with van der Waals surface area (Å²) in [7, 11) is 0. The third kappa shape index (κ3) is 4.03. The molecule has 1 amide bonds. The first kappa shape index (κ1) is 18.7. The van der Waals surface area contributed by atoms with Crippen molar-refractivity contribution in [2.24, 2.45) is 10.8 Å². The summed E-state index contributed by atoms with van der Waals surface area (Å²) >= 11 is 9.34.